The predicted octanol–water partition coefficient (Wildman–Crippen LogP) is 6.81. The van der Waals surface area contributed by atoms with E-state index in [-0.39, 0.29) is 11.5 Å². The van der Waals surface area contributed by atoms with Gasteiger partial charge in [0.05, 0.1) is 17.5 Å². The maximum Gasteiger partial charge on any atom is 0.416 e. The van der Waals surface area contributed by atoms with Crippen molar-refractivity contribution in [3.63, 3.8) is 0 Å². The van der Waals surface area contributed by atoms with E-state index in [1.54, 1.807) is 10.2 Å². The highest BCUT2D eigenvalue weighted by atomic mass is 127. The summed E-state index contributed by atoms with van der Waals surface area (Å²) in [5, 5.41) is 3.01. The average Bonchev–Trinajstić information content (AvgIpc) is 2.97. The van der Waals surface area contributed by atoms with Crippen LogP contribution in [0.25, 0.3) is 22.3 Å². The van der Waals surface area contributed by atoms with Gasteiger partial charge >= 0.3 is 6.18 Å². The lowest BCUT2D eigenvalue weighted by Gasteiger charge is -2.11. The molecule has 0 fully saturated rings. The smallest absolute Gasteiger partial charge is 0.373 e. The number of aromatic nitrogens is 3. The first-order valence-electron chi connectivity index (χ1n) is 8.30. The molecule has 0 spiro atoms. The van der Waals surface area contributed by atoms with Gasteiger partial charge in [0.15, 0.2) is 5.65 Å². The Hall–Kier alpha value is -1.56. The summed E-state index contributed by atoms with van der Waals surface area (Å²) in [5.74, 6) is 0.341. The van der Waals surface area contributed by atoms with Crippen LogP contribution in [0.3, 0.4) is 0 Å². The number of hydrogen-bond acceptors (Lipinski definition) is 4. The van der Waals surface area contributed by atoms with Gasteiger partial charge < -0.3 is 5.32 Å². The van der Waals surface area contributed by atoms with Crippen molar-refractivity contribution >= 4 is 47.2 Å². The van der Waals surface area contributed by atoms with Crippen LogP contribution < -0.4 is 5.32 Å². The summed E-state index contributed by atoms with van der Waals surface area (Å²) < 4.78 is 54.5. The highest BCUT2D eigenvalue weighted by Gasteiger charge is 2.32. The molecule has 0 bridgehead atoms. The SMILES string of the molecule is CC(C)C.CNc1cc(C(F)(F)F)cc(-c2cn(SI)c3ncc(F)cc23)n1. The van der Waals surface area contributed by atoms with E-state index in [1.165, 1.54) is 22.2 Å². The Bertz CT molecular complexity index is 954. The van der Waals surface area contributed by atoms with Crippen LogP contribution in [0.1, 0.15) is 26.3 Å². The number of hydrogen-bond donors (Lipinski definition) is 1. The molecular formula is C18H19F4IN4S. The lowest BCUT2D eigenvalue weighted by Crippen LogP contribution is -2.07. The molecule has 3 aromatic rings. The van der Waals surface area contributed by atoms with Gasteiger partial charge in [-0.1, -0.05) is 20.8 Å². The van der Waals surface area contributed by atoms with Gasteiger partial charge in [-0.2, -0.15) is 13.2 Å². The fraction of sp³-hybridized carbons (Fsp3) is 0.333. The first kappa shape index (κ1) is 22.7. The molecule has 0 aliphatic carbocycles. The summed E-state index contributed by atoms with van der Waals surface area (Å²) >= 11 is 2.01. The van der Waals surface area contributed by atoms with Crippen LogP contribution in [0.15, 0.2) is 30.6 Å². The van der Waals surface area contributed by atoms with Crippen molar-refractivity contribution in [2.24, 2.45) is 5.92 Å². The van der Waals surface area contributed by atoms with Crippen molar-refractivity contribution in [3.05, 3.63) is 42.0 Å². The van der Waals surface area contributed by atoms with Crippen LogP contribution in [0, 0.1) is 11.7 Å². The molecule has 4 nitrogen and oxygen atoms in total. The van der Waals surface area contributed by atoms with E-state index in [0.717, 1.165) is 24.2 Å². The summed E-state index contributed by atoms with van der Waals surface area (Å²) in [4.78, 5) is 8.18. The highest BCUT2D eigenvalue weighted by Crippen LogP contribution is 2.37. The molecule has 0 aliphatic rings. The number of nitrogens with zero attached hydrogens (tertiary/aromatic N) is 3. The minimum atomic E-state index is -4.51. The number of nitrogens with one attached hydrogen (secondary N) is 1. The number of anilines is 1. The summed E-state index contributed by atoms with van der Waals surface area (Å²) in [6.07, 6.45) is -1.85. The van der Waals surface area contributed by atoms with Gasteiger partial charge in [-0.15, -0.1) is 0 Å². The Morgan fingerprint density at radius 2 is 1.82 bits per heavy atom. The van der Waals surface area contributed by atoms with E-state index < -0.39 is 17.6 Å². The fourth-order valence-electron chi connectivity index (χ4n) is 2.27. The first-order valence-corrected chi connectivity index (χ1v) is 11.6. The second-order valence-corrected chi connectivity index (χ2v) is 8.28. The Morgan fingerprint density at radius 1 is 1.18 bits per heavy atom. The van der Waals surface area contributed by atoms with Crippen molar-refractivity contribution in [2.75, 3.05) is 12.4 Å². The van der Waals surface area contributed by atoms with Crippen molar-refractivity contribution in [2.45, 2.75) is 26.9 Å². The molecule has 0 atom stereocenters. The molecule has 3 heterocycles. The van der Waals surface area contributed by atoms with E-state index in [4.69, 9.17) is 0 Å². The Labute approximate surface area is 176 Å². The second kappa shape index (κ2) is 9.29. The second-order valence-electron chi connectivity index (χ2n) is 6.57. The Kier molecular flexibility index (Phi) is 7.54. The Morgan fingerprint density at radius 3 is 2.36 bits per heavy atom. The van der Waals surface area contributed by atoms with Gasteiger partial charge in [0.1, 0.15) is 11.6 Å². The molecule has 0 saturated carbocycles. The third-order valence-corrected chi connectivity index (χ3v) is 5.04. The zero-order valence-corrected chi connectivity index (χ0v) is 18.6. The third kappa shape index (κ3) is 5.49. The molecule has 3 aromatic heterocycles. The molecule has 0 aliphatic heterocycles. The minimum absolute atomic E-state index is 0.0761. The minimum Gasteiger partial charge on any atom is -0.373 e. The van der Waals surface area contributed by atoms with E-state index in [2.05, 4.69) is 36.1 Å². The van der Waals surface area contributed by atoms with E-state index in [1.807, 2.05) is 21.2 Å². The van der Waals surface area contributed by atoms with E-state index in [0.29, 0.717) is 16.6 Å². The average molecular weight is 526 g/mol. The summed E-state index contributed by atoms with van der Waals surface area (Å²) in [6, 6.07) is 3.11. The maximum atomic E-state index is 13.6. The molecule has 0 radical (unpaired) electrons. The molecule has 1 N–H and O–H groups in total. The molecule has 0 unspecified atom stereocenters. The van der Waals surface area contributed by atoms with Crippen molar-refractivity contribution in [3.8, 4) is 11.3 Å². The molecule has 10 heteroatoms. The molecule has 3 rings (SSSR count). The van der Waals surface area contributed by atoms with Crippen LogP contribution >= 0.6 is 30.3 Å². The normalized spacial score (nSPS) is 11.5. The topological polar surface area (TPSA) is 42.7 Å². The van der Waals surface area contributed by atoms with Crippen LogP contribution in [0.5, 0.6) is 0 Å². The van der Waals surface area contributed by atoms with Gasteiger partial charge in [0.2, 0.25) is 0 Å². The van der Waals surface area contributed by atoms with E-state index in [9.17, 15) is 17.6 Å². The zero-order chi connectivity index (χ0) is 21.1. The first-order chi connectivity index (χ1) is 13.1. The summed E-state index contributed by atoms with van der Waals surface area (Å²) in [7, 11) is 2.76. The van der Waals surface area contributed by atoms with Crippen LogP contribution in [0.4, 0.5) is 23.4 Å². The highest BCUT2D eigenvalue weighted by molar-refractivity contribution is 14.2. The Balaban J connectivity index is 0.000000640. The van der Waals surface area contributed by atoms with Crippen LogP contribution in [-0.2, 0) is 6.18 Å². The summed E-state index contributed by atoms with van der Waals surface area (Å²) in [6.45, 7) is 6.50. The zero-order valence-electron chi connectivity index (χ0n) is 15.6. The largest absolute Gasteiger partial charge is 0.416 e. The van der Waals surface area contributed by atoms with Crippen molar-refractivity contribution < 1.29 is 17.6 Å². The van der Waals surface area contributed by atoms with Crippen LogP contribution in [-0.4, -0.2) is 21.0 Å². The monoisotopic (exact) mass is 526 g/mol. The standard InChI is InChI=1S/C14H9F4IN4S.C4H10/c1-20-12-3-7(14(16,17)18)2-11(22-12)10-6-23(24-19)13-9(10)4-8(15)5-21-13;1-4(2)3/h2-6H,1H3,(H,20,22);4H,1-3H3. The van der Waals surface area contributed by atoms with Gasteiger partial charge in [-0.05, 0) is 24.1 Å². The molecular weight excluding hydrogens is 507 g/mol. The molecule has 0 aromatic carbocycles. The molecule has 0 saturated heterocycles. The number of alkyl halides is 3. The van der Waals surface area contributed by atoms with Gasteiger partial charge in [-0.25, -0.2) is 14.4 Å². The van der Waals surface area contributed by atoms with Gasteiger partial charge in [0, 0.05) is 54.5 Å². The lowest BCUT2D eigenvalue weighted by atomic mass is 10.1. The van der Waals surface area contributed by atoms with Crippen molar-refractivity contribution in [1.29, 1.82) is 0 Å². The van der Waals surface area contributed by atoms with E-state index >= 15 is 0 Å². The quantitative estimate of drug-likeness (QED) is 0.301. The third-order valence-electron chi connectivity index (χ3n) is 3.34. The number of rotatable bonds is 3. The molecule has 152 valence electrons. The lowest BCUT2D eigenvalue weighted by molar-refractivity contribution is -0.137. The number of pyridine rings is 2. The van der Waals surface area contributed by atoms with Gasteiger partial charge in [0.25, 0.3) is 0 Å². The predicted molar refractivity (Wildman–Crippen MR) is 115 cm³/mol. The van der Waals surface area contributed by atoms with Gasteiger partial charge in [-0.3, -0.25) is 3.97 Å². The number of halogens is 5. The van der Waals surface area contributed by atoms with Crippen LogP contribution in [0.2, 0.25) is 0 Å². The molecule has 0 amide bonds. The summed E-state index contributed by atoms with van der Waals surface area (Å²) in [5.41, 5.74) is 0.0970. The maximum absolute atomic E-state index is 13.6. The number of fused-ring (bicyclic) bond motifs is 1. The fourth-order valence-corrected chi connectivity index (χ4v) is 3.53. The van der Waals surface area contributed by atoms with Crippen molar-refractivity contribution in [1.82, 2.24) is 13.9 Å². The molecule has 28 heavy (non-hydrogen) atoms.